The van der Waals surface area contributed by atoms with Crippen LogP contribution in [0.2, 0.25) is 0 Å². The van der Waals surface area contributed by atoms with E-state index in [0.29, 0.717) is 5.75 Å². The van der Waals surface area contributed by atoms with E-state index in [1.807, 2.05) is 12.4 Å². The normalized spacial score (nSPS) is 17.4. The number of rotatable bonds is 3. The van der Waals surface area contributed by atoms with Gasteiger partial charge in [0.2, 0.25) is 0 Å². The number of benzene rings is 2. The molecular formula is C21H20FN3O. The molecule has 0 fully saturated rings. The van der Waals surface area contributed by atoms with Crippen molar-refractivity contribution in [1.29, 1.82) is 0 Å². The van der Waals surface area contributed by atoms with Crippen molar-refractivity contribution in [2.24, 2.45) is 0 Å². The van der Waals surface area contributed by atoms with E-state index < -0.39 is 0 Å². The average Bonchev–Trinajstić information content (AvgIpc) is 2.82. The monoisotopic (exact) mass is 349 g/mol. The lowest BCUT2D eigenvalue weighted by Gasteiger charge is -2.20. The van der Waals surface area contributed by atoms with Gasteiger partial charge in [-0.15, -0.1) is 0 Å². The van der Waals surface area contributed by atoms with Crippen molar-refractivity contribution < 1.29 is 9.13 Å². The number of hydrogen-bond donors (Lipinski definition) is 0. The van der Waals surface area contributed by atoms with Crippen LogP contribution in [0.1, 0.15) is 23.7 Å². The van der Waals surface area contributed by atoms with Crippen LogP contribution in [0, 0.1) is 5.82 Å². The molecule has 0 saturated carbocycles. The molecule has 26 heavy (non-hydrogen) atoms. The first-order valence-electron chi connectivity index (χ1n) is 8.68. The van der Waals surface area contributed by atoms with E-state index in [9.17, 15) is 4.39 Å². The van der Waals surface area contributed by atoms with E-state index in [-0.39, 0.29) is 11.9 Å². The summed E-state index contributed by atoms with van der Waals surface area (Å²) >= 11 is 0. The van der Waals surface area contributed by atoms with Crippen LogP contribution in [0.5, 0.6) is 5.75 Å². The molecule has 0 spiro atoms. The van der Waals surface area contributed by atoms with Gasteiger partial charge in [-0.2, -0.15) is 0 Å². The zero-order valence-electron chi connectivity index (χ0n) is 14.6. The Morgan fingerprint density at radius 3 is 2.58 bits per heavy atom. The highest BCUT2D eigenvalue weighted by Crippen LogP contribution is 2.33. The minimum atomic E-state index is -0.256. The molecule has 0 saturated heterocycles. The Morgan fingerprint density at radius 1 is 1.04 bits per heavy atom. The van der Waals surface area contributed by atoms with Crippen molar-refractivity contribution in [2.75, 3.05) is 13.6 Å². The maximum absolute atomic E-state index is 13.2. The SMILES string of the molecule is CN1CCC(Oc2ccc(F)cc2)c2ccc(-c3cncnc3)cc2C1. The van der Waals surface area contributed by atoms with Crippen molar-refractivity contribution >= 4 is 0 Å². The molecule has 4 nitrogen and oxygen atoms in total. The highest BCUT2D eigenvalue weighted by Gasteiger charge is 2.23. The van der Waals surface area contributed by atoms with Gasteiger partial charge in [0.1, 0.15) is 24.0 Å². The average molecular weight is 349 g/mol. The number of aromatic nitrogens is 2. The minimum absolute atomic E-state index is 0.0542. The minimum Gasteiger partial charge on any atom is -0.486 e. The second-order valence-electron chi connectivity index (χ2n) is 6.63. The van der Waals surface area contributed by atoms with E-state index >= 15 is 0 Å². The lowest BCUT2D eigenvalue weighted by molar-refractivity contribution is 0.182. The molecule has 132 valence electrons. The molecule has 1 aliphatic heterocycles. The molecule has 1 aromatic heterocycles. The van der Waals surface area contributed by atoms with Crippen LogP contribution < -0.4 is 4.74 Å². The zero-order valence-corrected chi connectivity index (χ0v) is 14.6. The summed E-state index contributed by atoms with van der Waals surface area (Å²) in [6, 6.07) is 12.6. The molecule has 3 aromatic rings. The van der Waals surface area contributed by atoms with Gasteiger partial charge in [-0.3, -0.25) is 0 Å². The molecule has 0 aliphatic carbocycles. The maximum atomic E-state index is 13.2. The number of fused-ring (bicyclic) bond motifs is 1. The van der Waals surface area contributed by atoms with Gasteiger partial charge >= 0.3 is 0 Å². The third-order valence-corrected chi connectivity index (χ3v) is 4.69. The van der Waals surface area contributed by atoms with Crippen molar-refractivity contribution in [3.8, 4) is 16.9 Å². The topological polar surface area (TPSA) is 38.2 Å². The smallest absolute Gasteiger partial charge is 0.125 e. The van der Waals surface area contributed by atoms with E-state index in [4.69, 9.17) is 4.74 Å². The summed E-state index contributed by atoms with van der Waals surface area (Å²) in [7, 11) is 2.11. The molecular weight excluding hydrogens is 329 g/mol. The number of ether oxygens (including phenoxy) is 1. The number of hydrogen-bond acceptors (Lipinski definition) is 4. The van der Waals surface area contributed by atoms with Gasteiger partial charge in [-0.25, -0.2) is 14.4 Å². The lowest BCUT2D eigenvalue weighted by Crippen LogP contribution is -2.18. The first kappa shape index (κ1) is 16.7. The number of nitrogens with zero attached hydrogens (tertiary/aromatic N) is 3. The van der Waals surface area contributed by atoms with Gasteiger partial charge in [0, 0.05) is 37.5 Å². The molecule has 1 atom stereocenters. The van der Waals surface area contributed by atoms with Crippen LogP contribution in [0.25, 0.3) is 11.1 Å². The second kappa shape index (κ2) is 7.22. The van der Waals surface area contributed by atoms with Crippen molar-refractivity contribution in [1.82, 2.24) is 14.9 Å². The van der Waals surface area contributed by atoms with Gasteiger partial charge in [-0.05, 0) is 54.1 Å². The van der Waals surface area contributed by atoms with Gasteiger partial charge in [0.05, 0.1) is 0 Å². The summed E-state index contributed by atoms with van der Waals surface area (Å²) in [5, 5.41) is 0. The summed E-state index contributed by atoms with van der Waals surface area (Å²) < 4.78 is 19.3. The first-order valence-corrected chi connectivity index (χ1v) is 8.68. The van der Waals surface area contributed by atoms with Gasteiger partial charge < -0.3 is 9.64 Å². The third kappa shape index (κ3) is 3.58. The molecule has 0 amide bonds. The van der Waals surface area contributed by atoms with Crippen molar-refractivity contribution in [3.63, 3.8) is 0 Å². The molecule has 0 bridgehead atoms. The Labute approximate surface area is 152 Å². The molecule has 2 aromatic carbocycles. The van der Waals surface area contributed by atoms with Gasteiger partial charge in [0.25, 0.3) is 0 Å². The van der Waals surface area contributed by atoms with E-state index in [1.165, 1.54) is 29.6 Å². The lowest BCUT2D eigenvalue weighted by atomic mass is 9.97. The Balaban J connectivity index is 1.67. The Morgan fingerprint density at radius 2 is 1.81 bits per heavy atom. The van der Waals surface area contributed by atoms with Crippen LogP contribution in [0.15, 0.2) is 61.2 Å². The van der Waals surface area contributed by atoms with Gasteiger partial charge in [-0.1, -0.05) is 12.1 Å². The fraction of sp³-hybridized carbons (Fsp3) is 0.238. The van der Waals surface area contributed by atoms with Gasteiger partial charge in [0.15, 0.2) is 0 Å². The molecule has 0 N–H and O–H groups in total. The highest BCUT2D eigenvalue weighted by atomic mass is 19.1. The Bertz CT molecular complexity index is 884. The highest BCUT2D eigenvalue weighted by molar-refractivity contribution is 5.63. The van der Waals surface area contributed by atoms with Crippen LogP contribution in [-0.2, 0) is 6.54 Å². The van der Waals surface area contributed by atoms with E-state index in [2.05, 4.69) is 40.1 Å². The van der Waals surface area contributed by atoms with Crippen LogP contribution >= 0.6 is 0 Å². The second-order valence-corrected chi connectivity index (χ2v) is 6.63. The molecule has 1 unspecified atom stereocenters. The van der Waals surface area contributed by atoms with Crippen LogP contribution in [0.4, 0.5) is 4.39 Å². The predicted octanol–water partition coefficient (Wildman–Crippen LogP) is 4.24. The third-order valence-electron chi connectivity index (χ3n) is 4.69. The van der Waals surface area contributed by atoms with E-state index in [0.717, 1.165) is 30.6 Å². The molecule has 4 rings (SSSR count). The zero-order chi connectivity index (χ0) is 17.9. The molecule has 0 radical (unpaired) electrons. The van der Waals surface area contributed by atoms with Crippen LogP contribution in [-0.4, -0.2) is 28.5 Å². The van der Waals surface area contributed by atoms with Crippen molar-refractivity contribution in [3.05, 3.63) is 78.1 Å². The van der Waals surface area contributed by atoms with Crippen LogP contribution in [0.3, 0.4) is 0 Å². The van der Waals surface area contributed by atoms with Crippen molar-refractivity contribution in [2.45, 2.75) is 19.1 Å². The summed E-state index contributed by atoms with van der Waals surface area (Å²) in [4.78, 5) is 10.5. The summed E-state index contributed by atoms with van der Waals surface area (Å²) in [5.74, 6) is 0.431. The Kier molecular flexibility index (Phi) is 4.63. The largest absolute Gasteiger partial charge is 0.486 e. The fourth-order valence-electron chi connectivity index (χ4n) is 3.35. The fourth-order valence-corrected chi connectivity index (χ4v) is 3.35. The predicted molar refractivity (Wildman–Crippen MR) is 98.2 cm³/mol. The first-order chi connectivity index (χ1) is 12.7. The number of halogens is 1. The summed E-state index contributed by atoms with van der Waals surface area (Å²) in [5.41, 5.74) is 4.51. The summed E-state index contributed by atoms with van der Waals surface area (Å²) in [6.07, 6.45) is 6.01. The molecule has 1 aliphatic rings. The standard InChI is InChI=1S/C21H20FN3O/c1-25-9-8-21(26-19-5-3-18(22)4-6-19)20-7-2-15(10-16(20)13-25)17-11-23-14-24-12-17/h2-7,10-12,14,21H,8-9,13H2,1H3. The molecule has 2 heterocycles. The maximum Gasteiger partial charge on any atom is 0.125 e. The summed E-state index contributed by atoms with van der Waals surface area (Å²) in [6.45, 7) is 1.80. The Hall–Kier alpha value is -2.79. The quantitative estimate of drug-likeness (QED) is 0.709. The molecule has 5 heteroatoms. The van der Waals surface area contributed by atoms with E-state index in [1.54, 1.807) is 12.1 Å².